The molecular weight excluding hydrogens is 372 g/mol. The van der Waals surface area contributed by atoms with Crippen molar-refractivity contribution in [1.29, 1.82) is 0 Å². The Morgan fingerprint density at radius 2 is 1.86 bits per heavy atom. The number of unbranched alkanes of at least 4 members (excludes halogenated alkanes) is 1. The Kier molecular flexibility index (Phi) is 7.16. The summed E-state index contributed by atoms with van der Waals surface area (Å²) in [7, 11) is -3.21. The van der Waals surface area contributed by atoms with E-state index >= 15 is 0 Å². The molecule has 2 heterocycles. The van der Waals surface area contributed by atoms with Crippen LogP contribution in [-0.4, -0.2) is 66.8 Å². The van der Waals surface area contributed by atoms with Crippen LogP contribution in [0.1, 0.15) is 56.6 Å². The van der Waals surface area contributed by atoms with Gasteiger partial charge in [-0.1, -0.05) is 30.9 Å². The molecule has 0 saturated carbocycles. The Morgan fingerprint density at radius 3 is 2.50 bits per heavy atom. The van der Waals surface area contributed by atoms with Crippen molar-refractivity contribution in [3.05, 3.63) is 35.4 Å². The summed E-state index contributed by atoms with van der Waals surface area (Å²) in [5, 5.41) is 9.99. The van der Waals surface area contributed by atoms with Crippen molar-refractivity contribution in [2.24, 2.45) is 0 Å². The molecule has 0 aliphatic carbocycles. The SMILES string of the molecule is CCCC#Cc1ccc([C@H]2[C@H](CO)N3CCCCN(S(=O)(=O)CC)C[C@@H]23)cc1. The number of benzene rings is 1. The Labute approximate surface area is 169 Å². The topological polar surface area (TPSA) is 60.9 Å². The van der Waals surface area contributed by atoms with Gasteiger partial charge < -0.3 is 5.11 Å². The maximum absolute atomic E-state index is 12.5. The molecule has 2 saturated heterocycles. The molecule has 1 aromatic carbocycles. The third-order valence-corrected chi connectivity index (χ3v) is 7.84. The summed E-state index contributed by atoms with van der Waals surface area (Å²) in [5.74, 6) is 6.64. The van der Waals surface area contributed by atoms with E-state index < -0.39 is 10.0 Å². The van der Waals surface area contributed by atoms with Crippen LogP contribution >= 0.6 is 0 Å². The van der Waals surface area contributed by atoms with Crippen LogP contribution in [0.5, 0.6) is 0 Å². The van der Waals surface area contributed by atoms with Crippen LogP contribution in [0.2, 0.25) is 0 Å². The molecule has 0 bridgehead atoms. The molecule has 1 aromatic rings. The van der Waals surface area contributed by atoms with Crippen molar-refractivity contribution in [3.8, 4) is 11.8 Å². The molecule has 0 spiro atoms. The first-order valence-electron chi connectivity index (χ1n) is 10.4. The normalized spacial score (nSPS) is 26.3. The zero-order chi connectivity index (χ0) is 20.1. The number of fused-ring (bicyclic) bond motifs is 1. The van der Waals surface area contributed by atoms with Gasteiger partial charge in [0.1, 0.15) is 0 Å². The highest BCUT2D eigenvalue weighted by atomic mass is 32.2. The second-order valence-electron chi connectivity index (χ2n) is 7.72. The predicted molar refractivity (Wildman–Crippen MR) is 113 cm³/mol. The number of rotatable bonds is 5. The van der Waals surface area contributed by atoms with Crippen LogP contribution in [0.15, 0.2) is 24.3 Å². The van der Waals surface area contributed by atoms with Gasteiger partial charge >= 0.3 is 0 Å². The van der Waals surface area contributed by atoms with Crippen molar-refractivity contribution >= 4 is 10.0 Å². The van der Waals surface area contributed by atoms with Crippen LogP contribution in [0, 0.1) is 11.8 Å². The fraction of sp³-hybridized carbons (Fsp3) is 0.636. The minimum atomic E-state index is -3.21. The molecule has 0 amide bonds. The highest BCUT2D eigenvalue weighted by molar-refractivity contribution is 7.89. The lowest BCUT2D eigenvalue weighted by molar-refractivity contribution is -0.0553. The van der Waals surface area contributed by atoms with E-state index in [9.17, 15) is 13.5 Å². The van der Waals surface area contributed by atoms with E-state index in [1.54, 1.807) is 11.2 Å². The third kappa shape index (κ3) is 4.44. The molecule has 0 aromatic heterocycles. The van der Waals surface area contributed by atoms with Gasteiger partial charge in [-0.2, -0.15) is 0 Å². The number of aliphatic hydroxyl groups is 1. The second kappa shape index (κ2) is 9.41. The number of sulfonamides is 1. The van der Waals surface area contributed by atoms with Crippen molar-refractivity contribution in [2.45, 2.75) is 57.5 Å². The fourth-order valence-corrected chi connectivity index (χ4v) is 5.57. The van der Waals surface area contributed by atoms with E-state index in [0.29, 0.717) is 13.1 Å². The largest absolute Gasteiger partial charge is 0.395 e. The first-order valence-corrected chi connectivity index (χ1v) is 12.1. The van der Waals surface area contributed by atoms with Gasteiger partial charge in [0.2, 0.25) is 10.0 Å². The fourth-order valence-electron chi connectivity index (χ4n) is 4.42. The zero-order valence-electron chi connectivity index (χ0n) is 17.0. The first-order chi connectivity index (χ1) is 13.5. The maximum Gasteiger partial charge on any atom is 0.213 e. The van der Waals surface area contributed by atoms with Gasteiger partial charge in [0.15, 0.2) is 0 Å². The van der Waals surface area contributed by atoms with E-state index in [1.165, 1.54) is 0 Å². The van der Waals surface area contributed by atoms with Crippen molar-refractivity contribution in [3.63, 3.8) is 0 Å². The van der Waals surface area contributed by atoms with Gasteiger partial charge in [-0.05, 0) is 50.4 Å². The predicted octanol–water partition coefficient (Wildman–Crippen LogP) is 2.41. The smallest absolute Gasteiger partial charge is 0.213 e. The number of hydrogen-bond donors (Lipinski definition) is 1. The van der Waals surface area contributed by atoms with Crippen molar-refractivity contribution < 1.29 is 13.5 Å². The quantitative estimate of drug-likeness (QED) is 0.766. The lowest BCUT2D eigenvalue weighted by atomic mass is 9.74. The van der Waals surface area contributed by atoms with Gasteiger partial charge in [-0.25, -0.2) is 12.7 Å². The lowest BCUT2D eigenvalue weighted by Crippen LogP contribution is -2.67. The first kappa shape index (κ1) is 21.3. The van der Waals surface area contributed by atoms with Crippen LogP contribution in [0.3, 0.4) is 0 Å². The molecule has 2 aliphatic rings. The van der Waals surface area contributed by atoms with Crippen LogP contribution < -0.4 is 0 Å². The molecule has 3 atom stereocenters. The molecule has 1 N–H and O–H groups in total. The van der Waals surface area contributed by atoms with E-state index in [1.807, 2.05) is 12.1 Å². The molecule has 6 heteroatoms. The minimum Gasteiger partial charge on any atom is -0.395 e. The number of aliphatic hydroxyl groups excluding tert-OH is 1. The molecule has 2 fully saturated rings. The zero-order valence-corrected chi connectivity index (χ0v) is 17.8. The van der Waals surface area contributed by atoms with E-state index in [2.05, 4.69) is 35.8 Å². The van der Waals surface area contributed by atoms with Crippen molar-refractivity contribution in [2.75, 3.05) is 32.0 Å². The van der Waals surface area contributed by atoms with Gasteiger partial charge in [0.05, 0.1) is 12.4 Å². The molecule has 3 rings (SSSR count). The molecule has 28 heavy (non-hydrogen) atoms. The Hall–Kier alpha value is -1.39. The van der Waals surface area contributed by atoms with Gasteiger partial charge in [0, 0.05) is 43.1 Å². The molecular formula is C22H32N2O3S. The summed E-state index contributed by atoms with van der Waals surface area (Å²) in [6.07, 6.45) is 3.79. The summed E-state index contributed by atoms with van der Waals surface area (Å²) < 4.78 is 26.7. The molecule has 0 unspecified atom stereocenters. The minimum absolute atomic E-state index is 0.0614. The monoisotopic (exact) mass is 404 g/mol. The van der Waals surface area contributed by atoms with E-state index in [4.69, 9.17) is 0 Å². The van der Waals surface area contributed by atoms with E-state index in [-0.39, 0.29) is 30.4 Å². The van der Waals surface area contributed by atoms with Crippen molar-refractivity contribution in [1.82, 2.24) is 9.21 Å². The van der Waals surface area contributed by atoms with Gasteiger partial charge in [-0.3, -0.25) is 4.90 Å². The van der Waals surface area contributed by atoms with Crippen LogP contribution in [0.4, 0.5) is 0 Å². The summed E-state index contributed by atoms with van der Waals surface area (Å²) in [4.78, 5) is 2.30. The number of nitrogens with zero attached hydrogens (tertiary/aromatic N) is 2. The highest BCUT2D eigenvalue weighted by Crippen LogP contribution is 2.42. The Morgan fingerprint density at radius 1 is 1.14 bits per heavy atom. The average Bonchev–Trinajstić information content (AvgIpc) is 2.68. The molecule has 154 valence electrons. The van der Waals surface area contributed by atoms with Crippen LogP contribution in [-0.2, 0) is 10.0 Å². The second-order valence-corrected chi connectivity index (χ2v) is 9.98. The van der Waals surface area contributed by atoms with Gasteiger partial charge in [0.25, 0.3) is 0 Å². The Balaban J connectivity index is 1.82. The third-order valence-electron chi connectivity index (χ3n) is 5.99. The van der Waals surface area contributed by atoms with E-state index in [0.717, 1.165) is 43.4 Å². The summed E-state index contributed by atoms with van der Waals surface area (Å²) >= 11 is 0. The van der Waals surface area contributed by atoms with Gasteiger partial charge in [-0.15, -0.1) is 0 Å². The summed E-state index contributed by atoms with van der Waals surface area (Å²) in [6, 6.07) is 8.45. The summed E-state index contributed by atoms with van der Waals surface area (Å²) in [6.45, 7) is 5.95. The number of hydrogen-bond acceptors (Lipinski definition) is 4. The molecule has 0 radical (unpaired) electrons. The molecule has 5 nitrogen and oxygen atoms in total. The lowest BCUT2D eigenvalue weighted by Gasteiger charge is -2.57. The standard InChI is InChI=1S/C22H32N2O3S/c1-3-5-6-9-18-10-12-19(13-11-18)22-20-16-23(28(26,27)4-2)14-7-8-15-24(20)21(22)17-25/h10-13,20-22,25H,3-5,7-8,14-17H2,1-2H3/t20-,21-,22+/m0/s1. The maximum atomic E-state index is 12.5. The highest BCUT2D eigenvalue weighted by Gasteiger charge is 2.49. The summed E-state index contributed by atoms with van der Waals surface area (Å²) in [5.41, 5.74) is 2.16. The van der Waals surface area contributed by atoms with Crippen LogP contribution in [0.25, 0.3) is 0 Å². The average molecular weight is 405 g/mol. The Bertz CT molecular complexity index is 810. The molecule has 2 aliphatic heterocycles.